The van der Waals surface area contributed by atoms with Crippen LogP contribution < -0.4 is 15.8 Å². The van der Waals surface area contributed by atoms with Crippen LogP contribution in [0.2, 0.25) is 0 Å². The summed E-state index contributed by atoms with van der Waals surface area (Å²) < 4.78 is 10.4. The van der Waals surface area contributed by atoms with E-state index in [2.05, 4.69) is 5.32 Å². The summed E-state index contributed by atoms with van der Waals surface area (Å²) in [5, 5.41) is 3.99. The first-order valence-electron chi connectivity index (χ1n) is 5.80. The summed E-state index contributed by atoms with van der Waals surface area (Å²) in [5.74, 6) is 0.0898. The van der Waals surface area contributed by atoms with Gasteiger partial charge < -0.3 is 20.5 Å². The van der Waals surface area contributed by atoms with Crippen LogP contribution in [0.4, 0.5) is 10.7 Å². The van der Waals surface area contributed by atoms with E-state index in [4.69, 9.17) is 15.2 Å². The molecule has 6 heteroatoms. The number of thiophene rings is 1. The van der Waals surface area contributed by atoms with Crippen LogP contribution in [-0.4, -0.2) is 25.2 Å². The largest absolute Gasteiger partial charge is 0.486 e. The molecule has 0 saturated heterocycles. The summed E-state index contributed by atoms with van der Waals surface area (Å²) in [6.45, 7) is 7.84. The molecule has 0 spiro atoms. The van der Waals surface area contributed by atoms with Crippen molar-refractivity contribution >= 4 is 28.0 Å². The number of nitrogens with one attached hydrogen (secondary N) is 1. The third kappa shape index (κ3) is 3.29. The van der Waals surface area contributed by atoms with Gasteiger partial charge in [0, 0.05) is 6.04 Å². The van der Waals surface area contributed by atoms with Crippen LogP contribution in [0.25, 0.3) is 0 Å². The zero-order chi connectivity index (χ0) is 13.9. The van der Waals surface area contributed by atoms with E-state index in [1.165, 1.54) is 18.4 Å². The Hall–Kier alpha value is -1.43. The number of carbonyl (C=O) groups excluding carboxylic acids is 1. The molecule has 0 atom stereocenters. The highest BCUT2D eigenvalue weighted by Crippen LogP contribution is 2.43. The molecule has 1 rings (SSSR count). The van der Waals surface area contributed by atoms with Gasteiger partial charge in [-0.3, -0.25) is 0 Å². The molecule has 1 heterocycles. The molecule has 0 aliphatic carbocycles. The predicted molar refractivity (Wildman–Crippen MR) is 74.6 cm³/mol. The summed E-state index contributed by atoms with van der Waals surface area (Å²) in [6.07, 6.45) is -0.0138. The predicted octanol–water partition coefficient (Wildman–Crippen LogP) is 2.72. The normalized spacial score (nSPS) is 10.8. The van der Waals surface area contributed by atoms with Crippen molar-refractivity contribution in [2.75, 3.05) is 18.2 Å². The highest BCUT2D eigenvalue weighted by Gasteiger charge is 2.23. The Morgan fingerprint density at radius 2 is 1.94 bits per heavy atom. The highest BCUT2D eigenvalue weighted by atomic mass is 32.1. The molecule has 5 nitrogen and oxygen atoms in total. The van der Waals surface area contributed by atoms with Crippen molar-refractivity contribution in [1.82, 2.24) is 0 Å². The number of hydrogen-bond acceptors (Lipinski definition) is 6. The standard InChI is InChI=1S/C12H20N2O3S/c1-6(2)14-11-9(17-7(3)4)8(13)10(18-11)12(15)16-5/h6-7,14H,13H2,1-5H3. The van der Waals surface area contributed by atoms with E-state index in [1.807, 2.05) is 27.7 Å². The lowest BCUT2D eigenvalue weighted by Gasteiger charge is -2.14. The number of nitrogens with two attached hydrogens (primary N) is 1. The second-order valence-electron chi connectivity index (χ2n) is 4.46. The molecule has 0 radical (unpaired) electrons. The molecule has 0 aliphatic heterocycles. The minimum absolute atomic E-state index is 0.0138. The van der Waals surface area contributed by atoms with Crippen molar-refractivity contribution < 1.29 is 14.3 Å². The maximum atomic E-state index is 11.6. The highest BCUT2D eigenvalue weighted by molar-refractivity contribution is 7.19. The molecule has 1 aromatic rings. The van der Waals surface area contributed by atoms with Crippen LogP contribution in [0.15, 0.2) is 0 Å². The maximum Gasteiger partial charge on any atom is 0.350 e. The average Bonchev–Trinajstić information content (AvgIpc) is 2.55. The van der Waals surface area contributed by atoms with E-state index in [9.17, 15) is 4.79 Å². The van der Waals surface area contributed by atoms with Crippen molar-refractivity contribution in [3.8, 4) is 5.75 Å². The summed E-state index contributed by atoms with van der Waals surface area (Å²) in [5.41, 5.74) is 6.29. The lowest BCUT2D eigenvalue weighted by atomic mass is 10.3. The van der Waals surface area contributed by atoms with Gasteiger partial charge in [-0.2, -0.15) is 0 Å². The lowest BCUT2D eigenvalue weighted by Crippen LogP contribution is -2.12. The van der Waals surface area contributed by atoms with Crippen LogP contribution in [0, 0.1) is 0 Å². The van der Waals surface area contributed by atoms with Crippen LogP contribution in [0.1, 0.15) is 37.4 Å². The molecule has 0 aliphatic rings. The number of methoxy groups -OCH3 is 1. The molecule has 0 fully saturated rings. The fraction of sp³-hybridized carbons (Fsp3) is 0.583. The van der Waals surface area contributed by atoms with Crippen molar-refractivity contribution in [3.05, 3.63) is 4.88 Å². The second-order valence-corrected chi connectivity index (χ2v) is 5.48. The van der Waals surface area contributed by atoms with E-state index in [1.54, 1.807) is 0 Å². The first kappa shape index (κ1) is 14.6. The zero-order valence-electron chi connectivity index (χ0n) is 11.4. The SMILES string of the molecule is COC(=O)c1sc(NC(C)C)c(OC(C)C)c1N. The first-order chi connectivity index (χ1) is 8.36. The smallest absolute Gasteiger partial charge is 0.350 e. The van der Waals surface area contributed by atoms with Gasteiger partial charge in [0.15, 0.2) is 5.75 Å². The Morgan fingerprint density at radius 1 is 1.33 bits per heavy atom. The molecule has 0 aromatic carbocycles. The first-order valence-corrected chi connectivity index (χ1v) is 6.62. The van der Waals surface area contributed by atoms with Gasteiger partial charge in [-0.05, 0) is 27.7 Å². The molecule has 1 aromatic heterocycles. The van der Waals surface area contributed by atoms with Gasteiger partial charge in [0.2, 0.25) is 0 Å². The van der Waals surface area contributed by atoms with Gasteiger partial charge >= 0.3 is 5.97 Å². The molecule has 0 bridgehead atoms. The second kappa shape index (κ2) is 5.95. The van der Waals surface area contributed by atoms with Gasteiger partial charge in [0.1, 0.15) is 15.6 Å². The number of esters is 1. The van der Waals surface area contributed by atoms with Gasteiger partial charge in [-0.25, -0.2) is 4.79 Å². The molecule has 3 N–H and O–H groups in total. The van der Waals surface area contributed by atoms with Crippen molar-refractivity contribution in [2.24, 2.45) is 0 Å². The molecule has 0 amide bonds. The molecule has 0 unspecified atom stereocenters. The Morgan fingerprint density at radius 3 is 2.39 bits per heavy atom. The summed E-state index contributed by atoms with van der Waals surface area (Å²) in [7, 11) is 1.33. The number of anilines is 2. The minimum atomic E-state index is -0.442. The van der Waals surface area contributed by atoms with Crippen molar-refractivity contribution in [3.63, 3.8) is 0 Å². The van der Waals surface area contributed by atoms with Crippen molar-refractivity contribution in [2.45, 2.75) is 39.8 Å². The van der Waals surface area contributed by atoms with Crippen molar-refractivity contribution in [1.29, 1.82) is 0 Å². The molecule has 102 valence electrons. The number of ether oxygens (including phenoxy) is 2. The number of nitrogen functional groups attached to an aromatic ring is 1. The Kier molecular flexibility index (Phi) is 4.84. The third-order valence-corrected chi connectivity index (χ3v) is 3.14. The van der Waals surface area contributed by atoms with E-state index in [0.717, 1.165) is 5.00 Å². The molecular formula is C12H20N2O3S. The molecular weight excluding hydrogens is 252 g/mol. The van der Waals surface area contributed by atoms with E-state index >= 15 is 0 Å². The summed E-state index contributed by atoms with van der Waals surface area (Å²) in [4.78, 5) is 12.0. The monoisotopic (exact) mass is 272 g/mol. The maximum absolute atomic E-state index is 11.6. The Balaban J connectivity index is 3.17. The van der Waals surface area contributed by atoms with Gasteiger partial charge in [0.25, 0.3) is 0 Å². The third-order valence-electron chi connectivity index (χ3n) is 2.04. The number of carbonyl (C=O) groups is 1. The summed E-state index contributed by atoms with van der Waals surface area (Å²) in [6, 6.07) is 0.225. The zero-order valence-corrected chi connectivity index (χ0v) is 12.2. The Labute approximate surface area is 111 Å². The van der Waals surface area contributed by atoms with Crippen LogP contribution in [0.5, 0.6) is 5.75 Å². The quantitative estimate of drug-likeness (QED) is 0.806. The van der Waals surface area contributed by atoms with Gasteiger partial charge in [0.05, 0.1) is 13.2 Å². The average molecular weight is 272 g/mol. The van der Waals surface area contributed by atoms with E-state index < -0.39 is 5.97 Å². The van der Waals surface area contributed by atoms with Gasteiger partial charge in [-0.1, -0.05) is 0 Å². The van der Waals surface area contributed by atoms with E-state index in [0.29, 0.717) is 16.3 Å². The summed E-state index contributed by atoms with van der Waals surface area (Å²) >= 11 is 1.25. The minimum Gasteiger partial charge on any atom is -0.486 e. The van der Waals surface area contributed by atoms with Crippen LogP contribution in [-0.2, 0) is 4.74 Å². The lowest BCUT2D eigenvalue weighted by molar-refractivity contribution is 0.0607. The van der Waals surface area contributed by atoms with Gasteiger partial charge in [-0.15, -0.1) is 11.3 Å². The van der Waals surface area contributed by atoms with Crippen LogP contribution in [0.3, 0.4) is 0 Å². The Bertz CT molecular complexity index is 427. The topological polar surface area (TPSA) is 73.6 Å². The molecule has 0 saturated carbocycles. The fourth-order valence-electron chi connectivity index (χ4n) is 1.38. The number of hydrogen-bond donors (Lipinski definition) is 2. The number of rotatable bonds is 5. The fourth-order valence-corrected chi connectivity index (χ4v) is 2.50. The molecule has 18 heavy (non-hydrogen) atoms. The van der Waals surface area contributed by atoms with Crippen LogP contribution >= 0.6 is 11.3 Å². The van der Waals surface area contributed by atoms with E-state index in [-0.39, 0.29) is 12.1 Å².